The quantitative estimate of drug-likeness (QED) is 0.503. The molecule has 0 spiro atoms. The van der Waals surface area contributed by atoms with Crippen molar-refractivity contribution in [2.24, 2.45) is 0 Å². The van der Waals surface area contributed by atoms with Crippen LogP contribution in [0.4, 0.5) is 0 Å². The SMILES string of the molecule is COc1cc2c(COC(=O)Cc3ccc(Br)cc3)cc(=O)oc2cc1O. The van der Waals surface area contributed by atoms with Gasteiger partial charge in [-0.3, -0.25) is 4.79 Å². The van der Waals surface area contributed by atoms with Gasteiger partial charge in [0.1, 0.15) is 12.2 Å². The number of methoxy groups -OCH3 is 1. The van der Waals surface area contributed by atoms with Crippen molar-refractivity contribution < 1.29 is 23.8 Å². The Balaban J connectivity index is 1.80. The molecule has 0 fully saturated rings. The number of hydrogen-bond acceptors (Lipinski definition) is 6. The average Bonchev–Trinajstić information content (AvgIpc) is 2.61. The molecule has 1 aromatic heterocycles. The summed E-state index contributed by atoms with van der Waals surface area (Å²) < 4.78 is 16.4. The molecule has 134 valence electrons. The van der Waals surface area contributed by atoms with Gasteiger partial charge in [-0.05, 0) is 23.8 Å². The molecule has 0 saturated carbocycles. The third kappa shape index (κ3) is 4.05. The fraction of sp³-hybridized carbons (Fsp3) is 0.158. The number of rotatable bonds is 5. The zero-order valence-corrected chi connectivity index (χ0v) is 15.4. The van der Waals surface area contributed by atoms with Gasteiger partial charge >= 0.3 is 11.6 Å². The molecule has 0 saturated heterocycles. The number of benzene rings is 2. The van der Waals surface area contributed by atoms with Gasteiger partial charge in [-0.25, -0.2) is 4.79 Å². The highest BCUT2D eigenvalue weighted by molar-refractivity contribution is 9.10. The Labute approximate surface area is 157 Å². The number of hydrogen-bond donors (Lipinski definition) is 1. The number of esters is 1. The van der Waals surface area contributed by atoms with Gasteiger partial charge in [-0.15, -0.1) is 0 Å². The lowest BCUT2D eigenvalue weighted by Crippen LogP contribution is -2.10. The van der Waals surface area contributed by atoms with Gasteiger partial charge in [0.15, 0.2) is 11.5 Å². The zero-order valence-electron chi connectivity index (χ0n) is 13.8. The van der Waals surface area contributed by atoms with Crippen LogP contribution in [0.2, 0.25) is 0 Å². The summed E-state index contributed by atoms with van der Waals surface area (Å²) in [6.07, 6.45) is 0.122. The number of carbonyl (C=O) groups excluding carboxylic acids is 1. The minimum Gasteiger partial charge on any atom is -0.504 e. The maximum Gasteiger partial charge on any atom is 0.336 e. The zero-order chi connectivity index (χ0) is 18.7. The maximum absolute atomic E-state index is 12.1. The number of halogens is 1. The molecule has 0 bridgehead atoms. The van der Waals surface area contributed by atoms with Gasteiger partial charge in [0, 0.05) is 27.6 Å². The second kappa shape index (κ2) is 7.61. The van der Waals surface area contributed by atoms with Crippen molar-refractivity contribution in [1.82, 2.24) is 0 Å². The minimum absolute atomic E-state index is 0.0919. The molecule has 3 rings (SSSR count). The highest BCUT2D eigenvalue weighted by Gasteiger charge is 2.13. The Morgan fingerprint density at radius 1 is 1.19 bits per heavy atom. The summed E-state index contributed by atoms with van der Waals surface area (Å²) in [6.45, 7) is -0.0919. The molecule has 0 radical (unpaired) electrons. The first-order chi connectivity index (χ1) is 12.5. The maximum atomic E-state index is 12.1. The van der Waals surface area contributed by atoms with Crippen molar-refractivity contribution in [3.63, 3.8) is 0 Å². The Bertz CT molecular complexity index is 1010. The van der Waals surface area contributed by atoms with Crippen LogP contribution in [-0.4, -0.2) is 18.2 Å². The largest absolute Gasteiger partial charge is 0.504 e. The Morgan fingerprint density at radius 2 is 1.92 bits per heavy atom. The summed E-state index contributed by atoms with van der Waals surface area (Å²) in [7, 11) is 1.41. The third-order valence-electron chi connectivity index (χ3n) is 3.78. The highest BCUT2D eigenvalue weighted by atomic mass is 79.9. The predicted octanol–water partition coefficient (Wildman–Crippen LogP) is 3.56. The van der Waals surface area contributed by atoms with E-state index in [-0.39, 0.29) is 30.1 Å². The molecule has 1 heterocycles. The van der Waals surface area contributed by atoms with Gasteiger partial charge in [-0.1, -0.05) is 28.1 Å². The molecule has 1 N–H and O–H groups in total. The topological polar surface area (TPSA) is 86.0 Å². The summed E-state index contributed by atoms with van der Waals surface area (Å²) in [6, 6.07) is 11.4. The van der Waals surface area contributed by atoms with Crippen molar-refractivity contribution in [3.05, 3.63) is 68.5 Å². The first-order valence-electron chi connectivity index (χ1n) is 7.70. The molecule has 2 aromatic carbocycles. The van der Waals surface area contributed by atoms with E-state index in [9.17, 15) is 14.7 Å². The number of phenolic OH excluding ortho intramolecular Hbond substituents is 1. The van der Waals surface area contributed by atoms with E-state index >= 15 is 0 Å². The average molecular weight is 419 g/mol. The lowest BCUT2D eigenvalue weighted by molar-refractivity contribution is -0.144. The van der Waals surface area contributed by atoms with Crippen LogP contribution in [-0.2, 0) is 22.6 Å². The molecule has 0 aliphatic rings. The molecular formula is C19H15BrO6. The predicted molar refractivity (Wildman–Crippen MR) is 98.3 cm³/mol. The number of carbonyl (C=O) groups is 1. The van der Waals surface area contributed by atoms with E-state index in [0.29, 0.717) is 10.9 Å². The van der Waals surface area contributed by atoms with E-state index in [0.717, 1.165) is 10.0 Å². The van der Waals surface area contributed by atoms with E-state index in [1.54, 1.807) is 0 Å². The van der Waals surface area contributed by atoms with Gasteiger partial charge in [0.25, 0.3) is 0 Å². The molecule has 0 atom stereocenters. The first-order valence-corrected chi connectivity index (χ1v) is 8.49. The molecule has 0 aliphatic heterocycles. The second-order valence-electron chi connectivity index (χ2n) is 5.57. The summed E-state index contributed by atoms with van der Waals surface area (Å²) in [5.74, 6) is -0.333. The van der Waals surface area contributed by atoms with Crippen LogP contribution in [0, 0.1) is 0 Å². The van der Waals surface area contributed by atoms with E-state index in [4.69, 9.17) is 13.9 Å². The van der Waals surface area contributed by atoms with Crippen molar-refractivity contribution in [2.75, 3.05) is 7.11 Å². The van der Waals surface area contributed by atoms with Gasteiger partial charge in [0.05, 0.1) is 13.5 Å². The number of phenols is 1. The summed E-state index contributed by atoms with van der Waals surface area (Å²) >= 11 is 3.34. The first kappa shape index (κ1) is 18.0. The van der Waals surface area contributed by atoms with Gasteiger partial charge in [0.2, 0.25) is 0 Å². The van der Waals surface area contributed by atoms with Crippen molar-refractivity contribution in [1.29, 1.82) is 0 Å². The second-order valence-corrected chi connectivity index (χ2v) is 6.49. The highest BCUT2D eigenvalue weighted by Crippen LogP contribution is 2.32. The van der Waals surface area contributed by atoms with E-state index in [1.807, 2.05) is 24.3 Å². The van der Waals surface area contributed by atoms with E-state index < -0.39 is 11.6 Å². The van der Waals surface area contributed by atoms with Crippen molar-refractivity contribution >= 4 is 32.9 Å². The van der Waals surface area contributed by atoms with Crippen LogP contribution < -0.4 is 10.4 Å². The van der Waals surface area contributed by atoms with Crippen LogP contribution in [0.3, 0.4) is 0 Å². The van der Waals surface area contributed by atoms with Gasteiger partial charge < -0.3 is 19.0 Å². The monoisotopic (exact) mass is 418 g/mol. The molecule has 0 unspecified atom stereocenters. The summed E-state index contributed by atoms with van der Waals surface area (Å²) in [4.78, 5) is 23.8. The Kier molecular flexibility index (Phi) is 5.27. The number of aromatic hydroxyl groups is 1. The molecule has 26 heavy (non-hydrogen) atoms. The fourth-order valence-corrected chi connectivity index (χ4v) is 2.77. The third-order valence-corrected chi connectivity index (χ3v) is 4.31. The minimum atomic E-state index is -0.596. The fourth-order valence-electron chi connectivity index (χ4n) is 2.50. The molecule has 7 heteroatoms. The van der Waals surface area contributed by atoms with E-state index in [2.05, 4.69) is 15.9 Å². The van der Waals surface area contributed by atoms with Crippen LogP contribution in [0.1, 0.15) is 11.1 Å². The summed E-state index contributed by atoms with van der Waals surface area (Å²) in [5.41, 5.74) is 0.886. The Hall–Kier alpha value is -2.80. The molecule has 6 nitrogen and oxygen atoms in total. The number of fused-ring (bicyclic) bond motifs is 1. The smallest absolute Gasteiger partial charge is 0.336 e. The van der Waals surface area contributed by atoms with Crippen LogP contribution in [0.15, 0.2) is 56.1 Å². The van der Waals surface area contributed by atoms with Crippen molar-refractivity contribution in [2.45, 2.75) is 13.0 Å². The van der Waals surface area contributed by atoms with Crippen molar-refractivity contribution in [3.8, 4) is 11.5 Å². The lowest BCUT2D eigenvalue weighted by atomic mass is 10.1. The lowest BCUT2D eigenvalue weighted by Gasteiger charge is -2.09. The van der Waals surface area contributed by atoms with E-state index in [1.165, 1.54) is 25.3 Å². The Morgan fingerprint density at radius 3 is 2.62 bits per heavy atom. The number of ether oxygens (including phenoxy) is 2. The van der Waals surface area contributed by atoms with Crippen LogP contribution >= 0.6 is 15.9 Å². The van der Waals surface area contributed by atoms with Crippen LogP contribution in [0.25, 0.3) is 11.0 Å². The standard InChI is InChI=1S/C19H15BrO6/c1-24-17-8-14-12(7-19(23)26-16(14)9-15(17)21)10-25-18(22)6-11-2-4-13(20)5-3-11/h2-5,7-9,21H,6,10H2,1H3. The molecular weight excluding hydrogens is 404 g/mol. The molecule has 0 aliphatic carbocycles. The van der Waals surface area contributed by atoms with Crippen LogP contribution in [0.5, 0.6) is 11.5 Å². The summed E-state index contributed by atoms with van der Waals surface area (Å²) in [5, 5.41) is 10.3. The van der Waals surface area contributed by atoms with Gasteiger partial charge in [-0.2, -0.15) is 0 Å². The molecule has 3 aromatic rings. The normalized spacial score (nSPS) is 10.7. The molecule has 0 amide bonds.